The molecule has 1 atom stereocenters. The molecule has 0 saturated carbocycles. The fourth-order valence-corrected chi connectivity index (χ4v) is 2.52. The van der Waals surface area contributed by atoms with Crippen LogP contribution in [0.4, 0.5) is 0 Å². The van der Waals surface area contributed by atoms with E-state index in [1.807, 2.05) is 43.3 Å². The van der Waals surface area contributed by atoms with E-state index in [-0.39, 0.29) is 6.04 Å². The quantitative estimate of drug-likeness (QED) is 0.829. The number of ether oxygens (including phenoxy) is 1. The Balaban J connectivity index is 2.35. The predicted octanol–water partition coefficient (Wildman–Crippen LogP) is 5.15. The molecule has 3 heteroatoms. The molecule has 0 fully saturated rings. The summed E-state index contributed by atoms with van der Waals surface area (Å²) in [6.07, 6.45) is 0.736. The molecular formula is C18H22ClNO. The van der Waals surface area contributed by atoms with Crippen molar-refractivity contribution in [3.05, 3.63) is 58.6 Å². The number of hydrogen-bond acceptors (Lipinski definition) is 2. The van der Waals surface area contributed by atoms with Crippen LogP contribution in [0.5, 0.6) is 11.5 Å². The van der Waals surface area contributed by atoms with Crippen molar-refractivity contribution in [2.24, 2.45) is 5.73 Å². The molecule has 0 aliphatic heterocycles. The van der Waals surface area contributed by atoms with Gasteiger partial charge in [0.05, 0.1) is 0 Å². The van der Waals surface area contributed by atoms with Crippen molar-refractivity contribution >= 4 is 11.6 Å². The van der Waals surface area contributed by atoms with Gasteiger partial charge in [0.1, 0.15) is 11.5 Å². The van der Waals surface area contributed by atoms with Gasteiger partial charge in [-0.1, -0.05) is 43.6 Å². The van der Waals surface area contributed by atoms with Gasteiger partial charge in [0.15, 0.2) is 0 Å². The fourth-order valence-electron chi connectivity index (χ4n) is 2.32. The summed E-state index contributed by atoms with van der Waals surface area (Å²) in [5, 5.41) is 0.704. The van der Waals surface area contributed by atoms with Gasteiger partial charge in [-0.25, -0.2) is 0 Å². The maximum Gasteiger partial charge on any atom is 0.130 e. The van der Waals surface area contributed by atoms with Crippen LogP contribution < -0.4 is 10.5 Å². The average Bonchev–Trinajstić information content (AvgIpc) is 2.41. The van der Waals surface area contributed by atoms with Crippen LogP contribution in [0.1, 0.15) is 37.8 Å². The van der Waals surface area contributed by atoms with E-state index in [1.54, 1.807) is 0 Å². The summed E-state index contributed by atoms with van der Waals surface area (Å²) in [6, 6.07) is 13.9. The average molecular weight is 304 g/mol. The number of hydrogen-bond donors (Lipinski definition) is 1. The molecule has 21 heavy (non-hydrogen) atoms. The van der Waals surface area contributed by atoms with E-state index >= 15 is 0 Å². The van der Waals surface area contributed by atoms with Gasteiger partial charge in [0.25, 0.3) is 0 Å². The molecule has 2 nitrogen and oxygen atoms in total. The molecule has 0 spiro atoms. The van der Waals surface area contributed by atoms with E-state index in [2.05, 4.69) is 19.9 Å². The highest BCUT2D eigenvalue weighted by Crippen LogP contribution is 2.33. The Hall–Kier alpha value is -1.51. The maximum atomic E-state index is 6.14. The first-order valence-electron chi connectivity index (χ1n) is 7.28. The molecule has 0 aliphatic rings. The molecule has 1 unspecified atom stereocenters. The van der Waals surface area contributed by atoms with Gasteiger partial charge < -0.3 is 10.5 Å². The van der Waals surface area contributed by atoms with Crippen LogP contribution in [-0.2, 0) is 6.42 Å². The minimum absolute atomic E-state index is 0.0613. The number of nitrogens with two attached hydrogens (primary N) is 1. The molecule has 0 saturated heterocycles. The van der Waals surface area contributed by atoms with Gasteiger partial charge in [-0.2, -0.15) is 0 Å². The fraction of sp³-hybridized carbons (Fsp3) is 0.333. The summed E-state index contributed by atoms with van der Waals surface area (Å²) < 4.78 is 6.14. The molecule has 0 aliphatic carbocycles. The zero-order valence-corrected chi connectivity index (χ0v) is 13.5. The maximum absolute atomic E-state index is 6.14. The standard InChI is InChI=1S/C18H22ClNO/c1-12(2)16-6-4-5-7-18(16)21-17-9-8-15(19)11-14(17)10-13(3)20/h4-9,11-13H,10,20H2,1-3H3. The first-order chi connectivity index (χ1) is 9.97. The van der Waals surface area contributed by atoms with Crippen LogP contribution in [0.15, 0.2) is 42.5 Å². The van der Waals surface area contributed by atoms with Crippen LogP contribution >= 0.6 is 11.6 Å². The first-order valence-corrected chi connectivity index (χ1v) is 7.66. The van der Waals surface area contributed by atoms with Crippen molar-refractivity contribution in [1.29, 1.82) is 0 Å². The van der Waals surface area contributed by atoms with Gasteiger partial charge in [-0.3, -0.25) is 0 Å². The summed E-state index contributed by atoms with van der Waals surface area (Å²) in [5.41, 5.74) is 8.15. The number of halogens is 1. The third-order valence-corrected chi connectivity index (χ3v) is 3.56. The Bertz CT molecular complexity index is 608. The van der Waals surface area contributed by atoms with Crippen molar-refractivity contribution in [2.45, 2.75) is 39.2 Å². The third-order valence-electron chi connectivity index (χ3n) is 3.33. The lowest BCUT2D eigenvalue weighted by molar-refractivity contribution is 0.465. The summed E-state index contributed by atoms with van der Waals surface area (Å²) in [7, 11) is 0. The SMILES string of the molecule is CC(N)Cc1cc(Cl)ccc1Oc1ccccc1C(C)C. The first kappa shape index (κ1) is 15.9. The van der Waals surface area contributed by atoms with Crippen molar-refractivity contribution in [3.8, 4) is 11.5 Å². The number of para-hydroxylation sites is 1. The van der Waals surface area contributed by atoms with Crippen molar-refractivity contribution in [2.75, 3.05) is 0 Å². The Morgan fingerprint density at radius 3 is 2.43 bits per heavy atom. The van der Waals surface area contributed by atoms with E-state index < -0.39 is 0 Å². The van der Waals surface area contributed by atoms with Crippen LogP contribution in [0.2, 0.25) is 5.02 Å². The molecule has 0 radical (unpaired) electrons. The molecule has 2 rings (SSSR count). The highest BCUT2D eigenvalue weighted by atomic mass is 35.5. The van der Waals surface area contributed by atoms with Crippen LogP contribution in [-0.4, -0.2) is 6.04 Å². The molecule has 0 amide bonds. The summed E-state index contributed by atoms with van der Waals surface area (Å²) in [5.74, 6) is 2.12. The second-order valence-electron chi connectivity index (χ2n) is 5.73. The lowest BCUT2D eigenvalue weighted by Gasteiger charge is -2.17. The predicted molar refractivity (Wildman–Crippen MR) is 89.4 cm³/mol. The topological polar surface area (TPSA) is 35.2 Å². The summed E-state index contributed by atoms with van der Waals surface area (Å²) in [6.45, 7) is 6.30. The summed E-state index contributed by atoms with van der Waals surface area (Å²) in [4.78, 5) is 0. The Morgan fingerprint density at radius 1 is 1.05 bits per heavy atom. The van der Waals surface area contributed by atoms with Crippen LogP contribution in [0, 0.1) is 0 Å². The van der Waals surface area contributed by atoms with Gasteiger partial charge >= 0.3 is 0 Å². The normalized spacial score (nSPS) is 12.5. The minimum atomic E-state index is 0.0613. The number of rotatable bonds is 5. The highest BCUT2D eigenvalue weighted by Gasteiger charge is 2.12. The smallest absolute Gasteiger partial charge is 0.130 e. The number of benzene rings is 2. The molecule has 0 aromatic heterocycles. The molecule has 112 valence electrons. The molecular weight excluding hydrogens is 282 g/mol. The largest absolute Gasteiger partial charge is 0.457 e. The molecule has 0 heterocycles. The van der Waals surface area contributed by atoms with Crippen molar-refractivity contribution in [1.82, 2.24) is 0 Å². The molecule has 0 bridgehead atoms. The lowest BCUT2D eigenvalue weighted by Crippen LogP contribution is -2.18. The van der Waals surface area contributed by atoms with E-state index in [0.29, 0.717) is 10.9 Å². The molecule has 2 aromatic rings. The zero-order chi connectivity index (χ0) is 15.4. The minimum Gasteiger partial charge on any atom is -0.457 e. The van der Waals surface area contributed by atoms with Crippen LogP contribution in [0.25, 0.3) is 0 Å². The van der Waals surface area contributed by atoms with E-state index in [0.717, 1.165) is 23.5 Å². The monoisotopic (exact) mass is 303 g/mol. The van der Waals surface area contributed by atoms with Gasteiger partial charge in [0, 0.05) is 11.1 Å². The Labute approximate surface area is 131 Å². The van der Waals surface area contributed by atoms with Crippen molar-refractivity contribution in [3.63, 3.8) is 0 Å². The van der Waals surface area contributed by atoms with Crippen LogP contribution in [0.3, 0.4) is 0 Å². The van der Waals surface area contributed by atoms with Crippen molar-refractivity contribution < 1.29 is 4.74 Å². The Morgan fingerprint density at radius 2 is 1.76 bits per heavy atom. The summed E-state index contributed by atoms with van der Waals surface area (Å²) >= 11 is 6.09. The zero-order valence-electron chi connectivity index (χ0n) is 12.8. The van der Waals surface area contributed by atoms with Gasteiger partial charge in [0.2, 0.25) is 0 Å². The van der Waals surface area contributed by atoms with E-state index in [1.165, 1.54) is 5.56 Å². The molecule has 2 N–H and O–H groups in total. The second kappa shape index (κ2) is 6.97. The third kappa shape index (κ3) is 4.23. The van der Waals surface area contributed by atoms with E-state index in [4.69, 9.17) is 22.1 Å². The Kier molecular flexibility index (Phi) is 5.27. The highest BCUT2D eigenvalue weighted by molar-refractivity contribution is 6.30. The van der Waals surface area contributed by atoms with E-state index in [9.17, 15) is 0 Å². The van der Waals surface area contributed by atoms with Gasteiger partial charge in [-0.15, -0.1) is 0 Å². The molecule has 2 aromatic carbocycles. The second-order valence-corrected chi connectivity index (χ2v) is 6.16. The lowest BCUT2D eigenvalue weighted by atomic mass is 10.0. The van der Waals surface area contributed by atoms with Gasteiger partial charge in [-0.05, 0) is 54.7 Å².